The molecular formula is C19H24N2O4S2. The fourth-order valence-corrected chi connectivity index (χ4v) is 5.24. The standard InChI is InChI=1S/C19H24N2O4S2/c1-14(2)10-11-20-18(22)19(23)21-13-17(16-9-6-12-26-16)27(24,25)15-7-4-3-5-8-15/h3-9,12,14,17H,10-11,13H2,1-2H3,(H,20,22)(H,21,23)/t17-/m0/s1. The van der Waals surface area contributed by atoms with E-state index in [0.717, 1.165) is 6.42 Å². The minimum Gasteiger partial charge on any atom is -0.348 e. The van der Waals surface area contributed by atoms with Gasteiger partial charge in [-0.05, 0) is 35.9 Å². The van der Waals surface area contributed by atoms with Crippen LogP contribution in [0.1, 0.15) is 30.4 Å². The van der Waals surface area contributed by atoms with Gasteiger partial charge in [0.2, 0.25) is 0 Å². The zero-order chi connectivity index (χ0) is 19.9. The van der Waals surface area contributed by atoms with Crippen LogP contribution in [-0.4, -0.2) is 33.3 Å². The van der Waals surface area contributed by atoms with Gasteiger partial charge in [0, 0.05) is 18.0 Å². The number of thiophene rings is 1. The largest absolute Gasteiger partial charge is 0.348 e. The Hall–Kier alpha value is -2.19. The van der Waals surface area contributed by atoms with Crippen molar-refractivity contribution >= 4 is 33.0 Å². The van der Waals surface area contributed by atoms with Gasteiger partial charge in [-0.3, -0.25) is 9.59 Å². The predicted octanol–water partition coefficient (Wildman–Crippen LogP) is 2.54. The molecule has 2 aromatic rings. The van der Waals surface area contributed by atoms with Gasteiger partial charge in [-0.1, -0.05) is 38.1 Å². The Morgan fingerprint density at radius 2 is 1.67 bits per heavy atom. The van der Waals surface area contributed by atoms with Crippen molar-refractivity contribution in [1.82, 2.24) is 10.6 Å². The van der Waals surface area contributed by atoms with Crippen LogP contribution in [0, 0.1) is 5.92 Å². The molecule has 1 atom stereocenters. The number of rotatable bonds is 8. The first-order chi connectivity index (χ1) is 12.8. The molecule has 0 saturated heterocycles. The summed E-state index contributed by atoms with van der Waals surface area (Å²) in [7, 11) is -3.71. The molecule has 0 aliphatic heterocycles. The van der Waals surface area contributed by atoms with Gasteiger partial charge in [0.25, 0.3) is 0 Å². The van der Waals surface area contributed by atoms with E-state index in [1.54, 1.807) is 35.7 Å². The van der Waals surface area contributed by atoms with Crippen molar-refractivity contribution in [2.24, 2.45) is 5.92 Å². The van der Waals surface area contributed by atoms with Crippen LogP contribution in [0.3, 0.4) is 0 Å². The monoisotopic (exact) mass is 408 g/mol. The Bertz CT molecular complexity index is 847. The van der Waals surface area contributed by atoms with Crippen LogP contribution in [-0.2, 0) is 19.4 Å². The Balaban J connectivity index is 2.09. The maximum absolute atomic E-state index is 13.0. The van der Waals surface area contributed by atoms with Gasteiger partial charge in [-0.15, -0.1) is 11.3 Å². The molecule has 0 aliphatic carbocycles. The molecule has 27 heavy (non-hydrogen) atoms. The fourth-order valence-electron chi connectivity index (χ4n) is 2.43. The number of amides is 2. The van der Waals surface area contributed by atoms with Crippen LogP contribution in [0.15, 0.2) is 52.7 Å². The van der Waals surface area contributed by atoms with Crippen LogP contribution >= 0.6 is 11.3 Å². The zero-order valence-corrected chi connectivity index (χ0v) is 17.0. The number of nitrogens with one attached hydrogen (secondary N) is 2. The maximum atomic E-state index is 13.0. The highest BCUT2D eigenvalue weighted by Gasteiger charge is 2.31. The first-order valence-corrected chi connectivity index (χ1v) is 11.1. The number of carbonyl (C=O) groups excluding carboxylic acids is 2. The van der Waals surface area contributed by atoms with Crippen molar-refractivity contribution in [3.63, 3.8) is 0 Å². The first-order valence-electron chi connectivity index (χ1n) is 8.70. The van der Waals surface area contributed by atoms with Gasteiger partial charge < -0.3 is 10.6 Å². The molecule has 2 amide bonds. The van der Waals surface area contributed by atoms with Gasteiger partial charge >= 0.3 is 11.8 Å². The van der Waals surface area contributed by atoms with Gasteiger partial charge in [0.05, 0.1) is 4.90 Å². The molecule has 2 N–H and O–H groups in total. The van der Waals surface area contributed by atoms with E-state index in [2.05, 4.69) is 10.6 Å². The van der Waals surface area contributed by atoms with E-state index in [0.29, 0.717) is 17.3 Å². The predicted molar refractivity (Wildman–Crippen MR) is 106 cm³/mol. The van der Waals surface area contributed by atoms with Gasteiger partial charge in [0.1, 0.15) is 5.25 Å². The molecule has 1 aromatic heterocycles. The highest BCUT2D eigenvalue weighted by molar-refractivity contribution is 7.91. The van der Waals surface area contributed by atoms with Crippen LogP contribution in [0.5, 0.6) is 0 Å². The number of sulfone groups is 1. The Kier molecular flexibility index (Phi) is 7.55. The summed E-state index contributed by atoms with van der Waals surface area (Å²) in [4.78, 5) is 24.7. The molecule has 1 aromatic carbocycles. The topological polar surface area (TPSA) is 92.3 Å². The summed E-state index contributed by atoms with van der Waals surface area (Å²) in [6, 6.07) is 11.6. The fraction of sp³-hybridized carbons (Fsp3) is 0.368. The van der Waals surface area contributed by atoms with Crippen LogP contribution < -0.4 is 10.6 Å². The molecule has 0 radical (unpaired) electrons. The van der Waals surface area contributed by atoms with Gasteiger partial charge in [0.15, 0.2) is 9.84 Å². The van der Waals surface area contributed by atoms with E-state index >= 15 is 0 Å². The Labute approximate surface area is 163 Å². The minimum atomic E-state index is -3.71. The summed E-state index contributed by atoms with van der Waals surface area (Å²) in [5, 5.41) is 5.84. The zero-order valence-electron chi connectivity index (χ0n) is 15.3. The summed E-state index contributed by atoms with van der Waals surface area (Å²) in [6.45, 7) is 4.27. The van der Waals surface area contributed by atoms with Crippen molar-refractivity contribution < 1.29 is 18.0 Å². The molecule has 0 aliphatic rings. The summed E-state index contributed by atoms with van der Waals surface area (Å²) >= 11 is 1.30. The SMILES string of the molecule is CC(C)CCNC(=O)C(=O)NC[C@@H](c1cccs1)S(=O)(=O)c1ccccc1. The Morgan fingerprint density at radius 3 is 2.26 bits per heavy atom. The molecule has 0 bridgehead atoms. The second-order valence-corrected chi connectivity index (χ2v) is 9.62. The number of hydrogen-bond acceptors (Lipinski definition) is 5. The first kappa shape index (κ1) is 21.1. The molecule has 8 heteroatoms. The highest BCUT2D eigenvalue weighted by atomic mass is 32.2. The molecule has 0 spiro atoms. The second-order valence-electron chi connectivity index (χ2n) is 6.51. The molecule has 1 heterocycles. The van der Waals surface area contributed by atoms with E-state index in [1.165, 1.54) is 23.5 Å². The second kappa shape index (κ2) is 9.66. The molecule has 2 rings (SSSR count). The summed E-state index contributed by atoms with van der Waals surface area (Å²) in [5.41, 5.74) is 0. The average molecular weight is 409 g/mol. The highest BCUT2D eigenvalue weighted by Crippen LogP contribution is 2.31. The van der Waals surface area contributed by atoms with Crippen LogP contribution in [0.2, 0.25) is 0 Å². The lowest BCUT2D eigenvalue weighted by Gasteiger charge is -2.17. The van der Waals surface area contributed by atoms with E-state index in [4.69, 9.17) is 0 Å². The van der Waals surface area contributed by atoms with Crippen molar-refractivity contribution in [2.45, 2.75) is 30.4 Å². The number of benzene rings is 1. The molecule has 6 nitrogen and oxygen atoms in total. The van der Waals surface area contributed by atoms with E-state index in [1.807, 2.05) is 13.8 Å². The number of hydrogen-bond donors (Lipinski definition) is 2. The summed E-state index contributed by atoms with van der Waals surface area (Å²) in [6.07, 6.45) is 0.763. The molecule has 0 saturated carbocycles. The lowest BCUT2D eigenvalue weighted by Crippen LogP contribution is -2.42. The smallest absolute Gasteiger partial charge is 0.309 e. The van der Waals surface area contributed by atoms with Crippen molar-refractivity contribution in [3.05, 3.63) is 52.7 Å². The lowest BCUT2D eigenvalue weighted by molar-refractivity contribution is -0.139. The molecular weight excluding hydrogens is 384 g/mol. The molecule has 0 fully saturated rings. The van der Waals surface area contributed by atoms with E-state index < -0.39 is 26.9 Å². The van der Waals surface area contributed by atoms with E-state index in [9.17, 15) is 18.0 Å². The van der Waals surface area contributed by atoms with E-state index in [-0.39, 0.29) is 11.4 Å². The van der Waals surface area contributed by atoms with Crippen molar-refractivity contribution in [2.75, 3.05) is 13.1 Å². The average Bonchev–Trinajstić information content (AvgIpc) is 3.16. The van der Waals surface area contributed by atoms with Crippen molar-refractivity contribution in [1.29, 1.82) is 0 Å². The minimum absolute atomic E-state index is 0.172. The summed E-state index contributed by atoms with van der Waals surface area (Å²) < 4.78 is 26.0. The third-order valence-corrected chi connectivity index (χ3v) is 7.20. The molecule has 0 unspecified atom stereocenters. The third kappa shape index (κ3) is 5.90. The number of carbonyl (C=O) groups is 2. The normalized spacial score (nSPS) is 12.6. The quantitative estimate of drug-likeness (QED) is 0.657. The van der Waals surface area contributed by atoms with Crippen LogP contribution in [0.4, 0.5) is 0 Å². The summed E-state index contributed by atoms with van der Waals surface area (Å²) in [5.74, 6) is -1.17. The lowest BCUT2D eigenvalue weighted by atomic mass is 10.1. The van der Waals surface area contributed by atoms with Crippen molar-refractivity contribution in [3.8, 4) is 0 Å². The molecule has 146 valence electrons. The van der Waals surface area contributed by atoms with Gasteiger partial charge in [-0.2, -0.15) is 0 Å². The van der Waals surface area contributed by atoms with Gasteiger partial charge in [-0.25, -0.2) is 8.42 Å². The van der Waals surface area contributed by atoms with Crippen LogP contribution in [0.25, 0.3) is 0 Å². The Morgan fingerprint density at radius 1 is 1.00 bits per heavy atom. The third-order valence-electron chi connectivity index (χ3n) is 3.97. The maximum Gasteiger partial charge on any atom is 0.309 e.